The molecule has 0 bridgehead atoms. The van der Waals surface area contributed by atoms with E-state index < -0.39 is 0 Å². The van der Waals surface area contributed by atoms with Crippen LogP contribution in [0.15, 0.2) is 70.4 Å². The first-order chi connectivity index (χ1) is 13.0. The smallest absolute Gasteiger partial charge is 0.277 e. The van der Waals surface area contributed by atoms with E-state index in [0.29, 0.717) is 5.75 Å². The van der Waals surface area contributed by atoms with Crippen molar-refractivity contribution in [3.8, 4) is 22.7 Å². The fraction of sp³-hybridized carbons (Fsp3) is 0.150. The number of hydrogen-bond acceptors (Lipinski definition) is 4. The van der Waals surface area contributed by atoms with Crippen LogP contribution < -0.4 is 10.2 Å². The Morgan fingerprint density at radius 2 is 1.96 bits per heavy atom. The first-order valence-corrected chi connectivity index (χ1v) is 9.16. The van der Waals surface area contributed by atoms with Crippen molar-refractivity contribution >= 4 is 27.5 Å². The minimum atomic E-state index is -0.318. The van der Waals surface area contributed by atoms with Gasteiger partial charge in [-0.2, -0.15) is 10.2 Å². The van der Waals surface area contributed by atoms with Crippen molar-refractivity contribution in [2.24, 2.45) is 5.10 Å². The molecule has 1 aromatic heterocycles. The van der Waals surface area contributed by atoms with Crippen molar-refractivity contribution in [3.63, 3.8) is 0 Å². The van der Waals surface area contributed by atoms with Gasteiger partial charge in [0.1, 0.15) is 5.75 Å². The first kappa shape index (κ1) is 18.8. The molecular weight excluding hydrogens is 408 g/mol. The van der Waals surface area contributed by atoms with Crippen molar-refractivity contribution in [2.45, 2.75) is 13.8 Å². The van der Waals surface area contributed by atoms with E-state index in [9.17, 15) is 4.79 Å². The van der Waals surface area contributed by atoms with E-state index in [1.54, 1.807) is 20.0 Å². The van der Waals surface area contributed by atoms with Gasteiger partial charge in [0, 0.05) is 15.7 Å². The lowest BCUT2D eigenvalue weighted by Crippen LogP contribution is -2.25. The number of ether oxygens (including phenoxy) is 1. The number of nitrogens with one attached hydrogen (secondary N) is 1. The molecule has 0 atom stereocenters. The normalized spacial score (nSPS) is 10.3. The third kappa shape index (κ3) is 4.83. The first-order valence-electron chi connectivity index (χ1n) is 8.36. The largest absolute Gasteiger partial charge is 0.483 e. The van der Waals surface area contributed by atoms with E-state index in [-0.39, 0.29) is 12.5 Å². The summed E-state index contributed by atoms with van der Waals surface area (Å²) in [5.74, 6) is 0.268. The highest BCUT2D eigenvalue weighted by molar-refractivity contribution is 9.10. The Hall–Kier alpha value is -2.93. The summed E-state index contributed by atoms with van der Waals surface area (Å²) in [6.45, 7) is 3.47. The molecule has 7 heteroatoms. The lowest BCUT2D eigenvalue weighted by atomic mass is 10.1. The second kappa shape index (κ2) is 8.64. The van der Waals surface area contributed by atoms with Gasteiger partial charge in [-0.1, -0.05) is 34.1 Å². The molecular formula is C20H19BrN4O2. The Labute approximate surface area is 166 Å². The summed E-state index contributed by atoms with van der Waals surface area (Å²) in [5.41, 5.74) is 5.84. The lowest BCUT2D eigenvalue weighted by molar-refractivity contribution is -0.123. The average molecular weight is 427 g/mol. The van der Waals surface area contributed by atoms with Gasteiger partial charge >= 0.3 is 0 Å². The lowest BCUT2D eigenvalue weighted by Gasteiger charge is -2.13. The van der Waals surface area contributed by atoms with Crippen molar-refractivity contribution < 1.29 is 9.53 Å². The number of carbonyl (C=O) groups is 1. The molecule has 0 saturated heterocycles. The number of hydrazone groups is 1. The summed E-state index contributed by atoms with van der Waals surface area (Å²) in [6, 6.07) is 17.4. The minimum absolute atomic E-state index is 0.134. The molecule has 0 saturated carbocycles. The topological polar surface area (TPSA) is 68.5 Å². The maximum atomic E-state index is 11.9. The van der Waals surface area contributed by atoms with Gasteiger partial charge in [-0.15, -0.1) is 0 Å². The van der Waals surface area contributed by atoms with Crippen molar-refractivity contribution in [1.29, 1.82) is 0 Å². The molecule has 27 heavy (non-hydrogen) atoms. The van der Waals surface area contributed by atoms with Gasteiger partial charge in [-0.05, 0) is 50.2 Å². The zero-order valence-electron chi connectivity index (χ0n) is 15.0. The van der Waals surface area contributed by atoms with E-state index in [1.807, 2.05) is 59.3 Å². The minimum Gasteiger partial charge on any atom is -0.483 e. The second-order valence-corrected chi connectivity index (χ2v) is 6.90. The Bertz CT molecular complexity index is 963. The molecule has 0 radical (unpaired) electrons. The van der Waals surface area contributed by atoms with Gasteiger partial charge in [-0.25, -0.2) is 10.1 Å². The van der Waals surface area contributed by atoms with Crippen molar-refractivity contribution in [2.75, 3.05) is 6.61 Å². The summed E-state index contributed by atoms with van der Waals surface area (Å²) >= 11 is 3.50. The molecule has 0 aliphatic rings. The van der Waals surface area contributed by atoms with E-state index >= 15 is 0 Å². The van der Waals surface area contributed by atoms with Gasteiger partial charge in [-0.3, -0.25) is 4.79 Å². The number of aromatic nitrogens is 2. The molecule has 1 N–H and O–H groups in total. The number of nitrogens with zero attached hydrogens (tertiary/aromatic N) is 3. The number of benzene rings is 2. The van der Waals surface area contributed by atoms with Crippen LogP contribution in [0.3, 0.4) is 0 Å². The Kier molecular flexibility index (Phi) is 6.03. The highest BCUT2D eigenvalue weighted by Crippen LogP contribution is 2.33. The zero-order valence-corrected chi connectivity index (χ0v) is 16.6. The van der Waals surface area contributed by atoms with Gasteiger partial charge in [0.25, 0.3) is 5.91 Å². The highest BCUT2D eigenvalue weighted by Gasteiger charge is 2.14. The summed E-state index contributed by atoms with van der Waals surface area (Å²) in [6.07, 6.45) is 1.73. The van der Waals surface area contributed by atoms with Gasteiger partial charge in [0.05, 0.1) is 17.6 Å². The molecule has 1 heterocycles. The number of amides is 1. The van der Waals surface area contributed by atoms with Crippen LogP contribution in [-0.2, 0) is 4.79 Å². The number of carbonyl (C=O) groups excluding carboxylic acids is 1. The van der Waals surface area contributed by atoms with Crippen molar-refractivity contribution in [3.05, 3.63) is 65.3 Å². The summed E-state index contributed by atoms with van der Waals surface area (Å²) in [7, 11) is 0. The molecule has 0 fully saturated rings. The standard InChI is InChI=1S/C20H19BrN4O2/c1-14(2)23-24-20(26)13-27-19-9-8-15(21)12-17(19)18-10-11-22-25(18)16-6-4-3-5-7-16/h3-12H,13H2,1-2H3,(H,24,26). The van der Waals surface area contributed by atoms with E-state index in [4.69, 9.17) is 4.74 Å². The fourth-order valence-electron chi connectivity index (χ4n) is 2.46. The second-order valence-electron chi connectivity index (χ2n) is 5.99. The maximum absolute atomic E-state index is 11.9. The highest BCUT2D eigenvalue weighted by atomic mass is 79.9. The Morgan fingerprint density at radius 3 is 2.70 bits per heavy atom. The monoisotopic (exact) mass is 426 g/mol. The van der Waals surface area contributed by atoms with Crippen LogP contribution in [-0.4, -0.2) is 28.0 Å². The van der Waals surface area contributed by atoms with Gasteiger partial charge in [0.15, 0.2) is 6.61 Å². The fourth-order valence-corrected chi connectivity index (χ4v) is 2.82. The number of para-hydroxylation sites is 1. The molecule has 0 unspecified atom stereocenters. The van der Waals surface area contributed by atoms with Crippen LogP contribution in [0.1, 0.15) is 13.8 Å². The molecule has 3 aromatic rings. The molecule has 1 amide bonds. The zero-order chi connectivity index (χ0) is 19.2. The molecule has 0 aliphatic heterocycles. The van der Waals surface area contributed by atoms with Crippen LogP contribution in [0, 0.1) is 0 Å². The van der Waals surface area contributed by atoms with Crippen LogP contribution in [0.5, 0.6) is 5.75 Å². The number of rotatable bonds is 6. The average Bonchev–Trinajstić information content (AvgIpc) is 3.15. The maximum Gasteiger partial charge on any atom is 0.277 e. The van der Waals surface area contributed by atoms with Gasteiger partial charge < -0.3 is 4.74 Å². The van der Waals surface area contributed by atoms with E-state index in [1.165, 1.54) is 0 Å². The third-order valence-corrected chi connectivity index (χ3v) is 4.12. The number of halogens is 1. The molecule has 6 nitrogen and oxygen atoms in total. The van der Waals surface area contributed by atoms with Crippen LogP contribution in [0.2, 0.25) is 0 Å². The van der Waals surface area contributed by atoms with Crippen LogP contribution in [0.25, 0.3) is 16.9 Å². The third-order valence-electron chi connectivity index (χ3n) is 3.62. The van der Waals surface area contributed by atoms with Crippen LogP contribution in [0.4, 0.5) is 0 Å². The van der Waals surface area contributed by atoms with Crippen LogP contribution >= 0.6 is 15.9 Å². The SMILES string of the molecule is CC(C)=NNC(=O)COc1ccc(Br)cc1-c1ccnn1-c1ccccc1. The molecule has 0 aliphatic carbocycles. The molecule has 3 rings (SSSR count). The summed E-state index contributed by atoms with van der Waals surface area (Å²) in [5, 5.41) is 8.32. The van der Waals surface area contributed by atoms with Crippen molar-refractivity contribution in [1.82, 2.24) is 15.2 Å². The Morgan fingerprint density at radius 1 is 1.19 bits per heavy atom. The Balaban J connectivity index is 1.89. The molecule has 138 valence electrons. The van der Waals surface area contributed by atoms with E-state index in [0.717, 1.165) is 27.1 Å². The quantitative estimate of drug-likeness (QED) is 0.474. The molecule has 2 aromatic carbocycles. The predicted octanol–water partition coefficient (Wildman–Crippen LogP) is 4.19. The van der Waals surface area contributed by atoms with E-state index in [2.05, 4.69) is 31.6 Å². The molecule has 0 spiro atoms. The summed E-state index contributed by atoms with van der Waals surface area (Å²) in [4.78, 5) is 11.9. The summed E-state index contributed by atoms with van der Waals surface area (Å²) < 4.78 is 8.49. The predicted molar refractivity (Wildman–Crippen MR) is 109 cm³/mol. The number of hydrogen-bond donors (Lipinski definition) is 1. The van der Waals surface area contributed by atoms with Gasteiger partial charge in [0.2, 0.25) is 0 Å².